The number of nitrogens with zero attached hydrogens (tertiary/aromatic N) is 2. The first-order valence-corrected chi connectivity index (χ1v) is 7.20. The summed E-state index contributed by atoms with van der Waals surface area (Å²) >= 11 is 1.54. The van der Waals surface area contributed by atoms with E-state index in [1.807, 2.05) is 0 Å². The Labute approximate surface area is 111 Å². The van der Waals surface area contributed by atoms with Gasteiger partial charge in [0.05, 0.1) is 11.7 Å². The lowest BCUT2D eigenvalue weighted by molar-refractivity contribution is 0.245. The summed E-state index contributed by atoms with van der Waals surface area (Å²) in [7, 11) is 0. The van der Waals surface area contributed by atoms with Crippen LogP contribution in [0.15, 0.2) is 35.7 Å². The lowest BCUT2D eigenvalue weighted by Gasteiger charge is -2.23. The van der Waals surface area contributed by atoms with Gasteiger partial charge in [-0.3, -0.25) is 4.90 Å². The first kappa shape index (κ1) is 11.7. The molecule has 94 valence electrons. The van der Waals surface area contributed by atoms with Gasteiger partial charge in [0.2, 0.25) is 0 Å². The molecule has 1 fully saturated rings. The summed E-state index contributed by atoms with van der Waals surface area (Å²) in [4.78, 5) is 6.94. The molecular weight excluding hydrogens is 242 g/mol. The van der Waals surface area contributed by atoms with Crippen LogP contribution in [0.1, 0.15) is 30.1 Å². The number of anilines is 1. The lowest BCUT2D eigenvalue weighted by atomic mass is 10.1. The number of nitrogens with two attached hydrogens (primary N) is 1. The van der Waals surface area contributed by atoms with E-state index in [0.717, 1.165) is 18.8 Å². The van der Waals surface area contributed by atoms with Crippen molar-refractivity contribution >= 4 is 16.5 Å². The molecule has 2 N–H and O–H groups in total. The number of nitrogen functional groups attached to an aromatic ring is 1. The third kappa shape index (κ3) is 2.40. The molecule has 0 spiro atoms. The number of hydrogen-bond acceptors (Lipinski definition) is 4. The minimum Gasteiger partial charge on any atom is -0.375 e. The van der Waals surface area contributed by atoms with Crippen LogP contribution in [0.25, 0.3) is 0 Å². The van der Waals surface area contributed by atoms with E-state index in [2.05, 4.69) is 45.6 Å². The Kier molecular flexibility index (Phi) is 3.30. The molecule has 1 aromatic heterocycles. The fraction of sp³-hybridized carbons (Fsp3) is 0.357. The van der Waals surface area contributed by atoms with Gasteiger partial charge >= 0.3 is 0 Å². The van der Waals surface area contributed by atoms with Gasteiger partial charge in [0.25, 0.3) is 0 Å². The zero-order valence-corrected chi connectivity index (χ0v) is 11.1. The van der Waals surface area contributed by atoms with Gasteiger partial charge in [-0.2, -0.15) is 0 Å². The van der Waals surface area contributed by atoms with Gasteiger partial charge < -0.3 is 5.73 Å². The van der Waals surface area contributed by atoms with E-state index >= 15 is 0 Å². The van der Waals surface area contributed by atoms with E-state index < -0.39 is 0 Å². The van der Waals surface area contributed by atoms with E-state index in [1.54, 1.807) is 0 Å². The van der Waals surface area contributed by atoms with E-state index in [4.69, 9.17) is 5.73 Å². The predicted octanol–water partition coefficient (Wildman–Crippen LogP) is 3.06. The Morgan fingerprint density at radius 3 is 2.89 bits per heavy atom. The van der Waals surface area contributed by atoms with Crippen molar-refractivity contribution in [1.82, 2.24) is 9.88 Å². The molecule has 0 amide bonds. The molecule has 2 aromatic rings. The third-order valence-electron chi connectivity index (χ3n) is 3.47. The maximum absolute atomic E-state index is 5.73. The number of rotatable bonds is 3. The van der Waals surface area contributed by atoms with Crippen LogP contribution in [0, 0.1) is 0 Å². The molecule has 3 rings (SSSR count). The Morgan fingerprint density at radius 1 is 1.33 bits per heavy atom. The quantitative estimate of drug-likeness (QED) is 0.921. The van der Waals surface area contributed by atoms with Crippen molar-refractivity contribution in [2.45, 2.75) is 25.4 Å². The van der Waals surface area contributed by atoms with Crippen molar-refractivity contribution in [2.75, 3.05) is 12.3 Å². The fourth-order valence-corrected chi connectivity index (χ4v) is 3.23. The van der Waals surface area contributed by atoms with E-state index in [-0.39, 0.29) is 0 Å². The Bertz CT molecular complexity index is 509. The molecule has 1 aromatic carbocycles. The van der Waals surface area contributed by atoms with Gasteiger partial charge in [0, 0.05) is 11.9 Å². The largest absolute Gasteiger partial charge is 0.375 e. The molecule has 1 aliphatic rings. The highest BCUT2D eigenvalue weighted by molar-refractivity contribution is 7.13. The zero-order valence-electron chi connectivity index (χ0n) is 10.2. The highest BCUT2D eigenvalue weighted by Crippen LogP contribution is 2.33. The standard InChI is InChI=1S/C14H17N3S/c15-14-16-12(10-18-14)13-7-4-8-17(13)9-11-5-2-1-3-6-11/h1-3,5-6,10,13H,4,7-9H2,(H2,15,16)/t13-/m0/s1. The molecule has 1 aliphatic heterocycles. The van der Waals surface area contributed by atoms with Crippen molar-refractivity contribution < 1.29 is 0 Å². The fourth-order valence-electron chi connectivity index (χ4n) is 2.62. The average molecular weight is 259 g/mol. The SMILES string of the molecule is Nc1nc([C@@H]2CCCN2Cc2ccccc2)cs1. The van der Waals surface area contributed by atoms with Crippen LogP contribution in [-0.4, -0.2) is 16.4 Å². The van der Waals surface area contributed by atoms with Gasteiger partial charge in [-0.25, -0.2) is 4.98 Å². The van der Waals surface area contributed by atoms with Gasteiger partial charge in [-0.05, 0) is 24.9 Å². The Hall–Kier alpha value is -1.39. The lowest BCUT2D eigenvalue weighted by Crippen LogP contribution is -2.22. The van der Waals surface area contributed by atoms with Gasteiger partial charge in [-0.1, -0.05) is 30.3 Å². The Balaban J connectivity index is 1.75. The van der Waals surface area contributed by atoms with Crippen LogP contribution in [0.5, 0.6) is 0 Å². The molecule has 4 heteroatoms. The molecule has 0 radical (unpaired) electrons. The molecule has 1 saturated heterocycles. The summed E-state index contributed by atoms with van der Waals surface area (Å²) in [6, 6.07) is 11.1. The molecule has 0 aliphatic carbocycles. The molecule has 18 heavy (non-hydrogen) atoms. The van der Waals surface area contributed by atoms with Crippen molar-refractivity contribution in [3.63, 3.8) is 0 Å². The number of hydrogen-bond donors (Lipinski definition) is 1. The molecule has 0 saturated carbocycles. The van der Waals surface area contributed by atoms with E-state index in [1.165, 1.54) is 29.7 Å². The van der Waals surface area contributed by atoms with E-state index in [9.17, 15) is 0 Å². The molecule has 1 atom stereocenters. The molecular formula is C14H17N3S. The molecule has 2 heterocycles. The topological polar surface area (TPSA) is 42.1 Å². The highest BCUT2D eigenvalue weighted by Gasteiger charge is 2.27. The van der Waals surface area contributed by atoms with Crippen LogP contribution in [-0.2, 0) is 6.54 Å². The first-order valence-electron chi connectivity index (χ1n) is 6.32. The number of aromatic nitrogens is 1. The number of benzene rings is 1. The Morgan fingerprint density at radius 2 is 2.17 bits per heavy atom. The summed E-state index contributed by atoms with van der Waals surface area (Å²) in [6.07, 6.45) is 2.44. The smallest absolute Gasteiger partial charge is 0.180 e. The molecule has 3 nitrogen and oxygen atoms in total. The van der Waals surface area contributed by atoms with Crippen LogP contribution in [0.3, 0.4) is 0 Å². The summed E-state index contributed by atoms with van der Waals surface area (Å²) < 4.78 is 0. The minimum absolute atomic E-state index is 0.443. The highest BCUT2D eigenvalue weighted by atomic mass is 32.1. The van der Waals surface area contributed by atoms with Crippen LogP contribution < -0.4 is 5.73 Å². The summed E-state index contributed by atoms with van der Waals surface area (Å²) in [5.41, 5.74) is 8.25. The van der Waals surface area contributed by atoms with Crippen molar-refractivity contribution in [1.29, 1.82) is 0 Å². The summed E-state index contributed by atoms with van der Waals surface area (Å²) in [5, 5.41) is 2.78. The van der Waals surface area contributed by atoms with Crippen LogP contribution in [0.4, 0.5) is 5.13 Å². The van der Waals surface area contributed by atoms with Crippen LogP contribution in [0.2, 0.25) is 0 Å². The van der Waals surface area contributed by atoms with Crippen molar-refractivity contribution in [3.8, 4) is 0 Å². The summed E-state index contributed by atoms with van der Waals surface area (Å²) in [6.45, 7) is 2.15. The minimum atomic E-state index is 0.443. The van der Waals surface area contributed by atoms with Crippen molar-refractivity contribution in [3.05, 3.63) is 47.0 Å². The van der Waals surface area contributed by atoms with Gasteiger partial charge in [-0.15, -0.1) is 11.3 Å². The maximum Gasteiger partial charge on any atom is 0.180 e. The monoisotopic (exact) mass is 259 g/mol. The second-order valence-electron chi connectivity index (χ2n) is 4.72. The normalized spacial score (nSPS) is 20.3. The van der Waals surface area contributed by atoms with Gasteiger partial charge in [0.1, 0.15) is 0 Å². The summed E-state index contributed by atoms with van der Waals surface area (Å²) in [5.74, 6) is 0. The first-order chi connectivity index (χ1) is 8.83. The predicted molar refractivity (Wildman–Crippen MR) is 75.4 cm³/mol. The third-order valence-corrected chi connectivity index (χ3v) is 4.17. The number of likely N-dealkylation sites (tertiary alicyclic amines) is 1. The van der Waals surface area contributed by atoms with Crippen molar-refractivity contribution in [2.24, 2.45) is 0 Å². The number of thiazole rings is 1. The molecule has 0 bridgehead atoms. The molecule has 0 unspecified atom stereocenters. The van der Waals surface area contributed by atoms with Crippen LogP contribution >= 0.6 is 11.3 Å². The van der Waals surface area contributed by atoms with Gasteiger partial charge in [0.15, 0.2) is 5.13 Å². The maximum atomic E-state index is 5.73. The zero-order chi connectivity index (χ0) is 12.4. The van der Waals surface area contributed by atoms with E-state index in [0.29, 0.717) is 11.2 Å². The second-order valence-corrected chi connectivity index (χ2v) is 5.61. The average Bonchev–Trinajstić information content (AvgIpc) is 2.99. The second kappa shape index (κ2) is 5.08.